The summed E-state index contributed by atoms with van der Waals surface area (Å²) in [5, 5.41) is 10.1. The molecule has 1 unspecified atom stereocenters. The first-order valence-electron chi connectivity index (χ1n) is 6.88. The zero-order chi connectivity index (χ0) is 14.2. The van der Waals surface area contributed by atoms with Gasteiger partial charge in [-0.1, -0.05) is 37.3 Å². The Morgan fingerprint density at radius 3 is 2.50 bits per heavy atom. The van der Waals surface area contributed by atoms with E-state index in [1.54, 1.807) is 0 Å². The van der Waals surface area contributed by atoms with Crippen LogP contribution >= 0.6 is 0 Å². The largest absolute Gasteiger partial charge is 0.457 e. The van der Waals surface area contributed by atoms with Crippen molar-refractivity contribution < 1.29 is 14.6 Å². The summed E-state index contributed by atoms with van der Waals surface area (Å²) in [6, 6.07) is 17.0. The molecule has 0 aliphatic rings. The summed E-state index contributed by atoms with van der Waals surface area (Å²) in [6.45, 7) is 3.01. The highest BCUT2D eigenvalue weighted by molar-refractivity contribution is 5.34. The van der Waals surface area contributed by atoms with Gasteiger partial charge in [-0.3, -0.25) is 0 Å². The minimum absolute atomic E-state index is 0.308. The Balaban J connectivity index is 2.00. The monoisotopic (exact) mass is 272 g/mol. The van der Waals surface area contributed by atoms with Crippen molar-refractivity contribution in [2.45, 2.75) is 19.4 Å². The molecule has 0 amide bonds. The first-order chi connectivity index (χ1) is 9.79. The lowest BCUT2D eigenvalue weighted by Crippen LogP contribution is -2.07. The van der Waals surface area contributed by atoms with E-state index in [1.165, 1.54) is 0 Å². The van der Waals surface area contributed by atoms with Gasteiger partial charge < -0.3 is 14.6 Å². The molecule has 1 N–H and O–H groups in total. The number of benzene rings is 2. The Hall–Kier alpha value is -1.84. The number of aliphatic hydroxyl groups is 1. The molecule has 2 aromatic carbocycles. The molecule has 3 nitrogen and oxygen atoms in total. The molecule has 0 aliphatic heterocycles. The molecule has 0 aromatic heterocycles. The second-order valence-electron chi connectivity index (χ2n) is 4.58. The van der Waals surface area contributed by atoms with E-state index < -0.39 is 6.10 Å². The van der Waals surface area contributed by atoms with Gasteiger partial charge in [-0.15, -0.1) is 0 Å². The molecule has 20 heavy (non-hydrogen) atoms. The number of rotatable bonds is 7. The molecule has 2 rings (SSSR count). The molecule has 3 heteroatoms. The van der Waals surface area contributed by atoms with Crippen molar-refractivity contribution in [1.82, 2.24) is 0 Å². The van der Waals surface area contributed by atoms with Gasteiger partial charge in [0, 0.05) is 6.61 Å². The van der Waals surface area contributed by atoms with Crippen molar-refractivity contribution in [1.29, 1.82) is 0 Å². The van der Waals surface area contributed by atoms with E-state index in [1.807, 2.05) is 61.5 Å². The van der Waals surface area contributed by atoms with Crippen molar-refractivity contribution in [3.05, 3.63) is 60.2 Å². The van der Waals surface area contributed by atoms with E-state index in [0.29, 0.717) is 19.0 Å². The molecular weight excluding hydrogens is 252 g/mol. The standard InChI is InChI=1S/C17H20O3/c1-2-11-19-13-17(18)14-7-6-10-16(12-14)20-15-8-4-3-5-9-15/h3-10,12,17-18H,2,11,13H2,1H3. The van der Waals surface area contributed by atoms with Crippen LogP contribution in [0.4, 0.5) is 0 Å². The minimum atomic E-state index is -0.624. The van der Waals surface area contributed by atoms with Gasteiger partial charge in [0.05, 0.1) is 6.61 Å². The number of ether oxygens (including phenoxy) is 2. The second kappa shape index (κ2) is 7.68. The highest BCUT2D eigenvalue weighted by Gasteiger charge is 2.08. The van der Waals surface area contributed by atoms with Crippen molar-refractivity contribution in [2.75, 3.05) is 13.2 Å². The maximum atomic E-state index is 10.1. The quantitative estimate of drug-likeness (QED) is 0.776. The molecule has 1 atom stereocenters. The van der Waals surface area contributed by atoms with Crippen LogP contribution < -0.4 is 4.74 Å². The van der Waals surface area contributed by atoms with Crippen LogP contribution in [0.25, 0.3) is 0 Å². The van der Waals surface area contributed by atoms with Crippen molar-refractivity contribution in [2.24, 2.45) is 0 Å². The molecular formula is C17H20O3. The van der Waals surface area contributed by atoms with E-state index >= 15 is 0 Å². The lowest BCUT2D eigenvalue weighted by molar-refractivity contribution is 0.0363. The van der Waals surface area contributed by atoms with Gasteiger partial charge in [0.25, 0.3) is 0 Å². The third-order valence-corrected chi connectivity index (χ3v) is 2.85. The first kappa shape index (κ1) is 14.6. The van der Waals surface area contributed by atoms with Crippen LogP contribution in [0.1, 0.15) is 25.0 Å². The molecule has 0 radical (unpaired) electrons. The van der Waals surface area contributed by atoms with E-state index in [0.717, 1.165) is 17.7 Å². The van der Waals surface area contributed by atoms with Gasteiger partial charge in [-0.2, -0.15) is 0 Å². The Morgan fingerprint density at radius 1 is 1.00 bits per heavy atom. The lowest BCUT2D eigenvalue weighted by Gasteiger charge is -2.13. The summed E-state index contributed by atoms with van der Waals surface area (Å²) in [6.07, 6.45) is 0.324. The first-order valence-corrected chi connectivity index (χ1v) is 6.88. The highest BCUT2D eigenvalue weighted by Crippen LogP contribution is 2.24. The number of hydrogen-bond acceptors (Lipinski definition) is 3. The summed E-state index contributed by atoms with van der Waals surface area (Å²) in [7, 11) is 0. The summed E-state index contributed by atoms with van der Waals surface area (Å²) in [4.78, 5) is 0. The van der Waals surface area contributed by atoms with Crippen LogP contribution in [0.5, 0.6) is 11.5 Å². The van der Waals surface area contributed by atoms with Crippen LogP contribution in [0.3, 0.4) is 0 Å². The molecule has 2 aromatic rings. The fourth-order valence-corrected chi connectivity index (χ4v) is 1.85. The third kappa shape index (κ3) is 4.37. The average Bonchev–Trinajstić information content (AvgIpc) is 2.49. The van der Waals surface area contributed by atoms with Gasteiger partial charge in [-0.25, -0.2) is 0 Å². The highest BCUT2D eigenvalue weighted by atomic mass is 16.5. The summed E-state index contributed by atoms with van der Waals surface area (Å²) in [5.41, 5.74) is 0.800. The van der Waals surface area contributed by atoms with Gasteiger partial charge in [0.2, 0.25) is 0 Å². The Kier molecular flexibility index (Phi) is 5.59. The topological polar surface area (TPSA) is 38.7 Å². The summed E-state index contributed by atoms with van der Waals surface area (Å²) < 4.78 is 11.1. The van der Waals surface area contributed by atoms with Crippen molar-refractivity contribution in [3.63, 3.8) is 0 Å². The van der Waals surface area contributed by atoms with Gasteiger partial charge in [0.1, 0.15) is 17.6 Å². The Labute approximate surface area is 119 Å². The maximum Gasteiger partial charge on any atom is 0.127 e. The Morgan fingerprint density at radius 2 is 1.75 bits per heavy atom. The van der Waals surface area contributed by atoms with Crippen LogP contribution in [0.2, 0.25) is 0 Å². The predicted octanol–water partition coefficient (Wildman–Crippen LogP) is 3.94. The number of hydrogen-bond donors (Lipinski definition) is 1. The molecule has 0 saturated carbocycles. The summed E-state index contributed by atoms with van der Waals surface area (Å²) in [5.74, 6) is 1.49. The number of aliphatic hydroxyl groups excluding tert-OH is 1. The van der Waals surface area contributed by atoms with Crippen molar-refractivity contribution >= 4 is 0 Å². The SMILES string of the molecule is CCCOCC(O)c1cccc(Oc2ccccc2)c1. The molecule has 0 aliphatic carbocycles. The van der Waals surface area contributed by atoms with Crippen LogP contribution in [-0.2, 0) is 4.74 Å². The lowest BCUT2D eigenvalue weighted by atomic mass is 10.1. The fourth-order valence-electron chi connectivity index (χ4n) is 1.85. The zero-order valence-corrected chi connectivity index (χ0v) is 11.7. The van der Waals surface area contributed by atoms with Gasteiger partial charge in [0.15, 0.2) is 0 Å². The third-order valence-electron chi connectivity index (χ3n) is 2.85. The maximum absolute atomic E-state index is 10.1. The smallest absolute Gasteiger partial charge is 0.127 e. The van der Waals surface area contributed by atoms with Gasteiger partial charge >= 0.3 is 0 Å². The number of para-hydroxylation sites is 1. The van der Waals surface area contributed by atoms with E-state index in [-0.39, 0.29) is 0 Å². The van der Waals surface area contributed by atoms with E-state index in [4.69, 9.17) is 9.47 Å². The zero-order valence-electron chi connectivity index (χ0n) is 11.7. The normalized spacial score (nSPS) is 12.1. The molecule has 0 fully saturated rings. The second-order valence-corrected chi connectivity index (χ2v) is 4.58. The van der Waals surface area contributed by atoms with Gasteiger partial charge in [-0.05, 0) is 36.2 Å². The molecule has 0 spiro atoms. The van der Waals surface area contributed by atoms with E-state index in [2.05, 4.69) is 0 Å². The molecule has 0 saturated heterocycles. The van der Waals surface area contributed by atoms with Crippen LogP contribution in [0.15, 0.2) is 54.6 Å². The average molecular weight is 272 g/mol. The molecule has 0 heterocycles. The van der Waals surface area contributed by atoms with Crippen molar-refractivity contribution in [3.8, 4) is 11.5 Å². The predicted molar refractivity (Wildman–Crippen MR) is 79.0 cm³/mol. The molecule has 106 valence electrons. The Bertz CT molecular complexity index is 511. The molecule has 0 bridgehead atoms. The van der Waals surface area contributed by atoms with Crippen LogP contribution in [0, 0.1) is 0 Å². The minimum Gasteiger partial charge on any atom is -0.457 e. The van der Waals surface area contributed by atoms with Crippen LogP contribution in [-0.4, -0.2) is 18.3 Å². The summed E-state index contributed by atoms with van der Waals surface area (Å²) >= 11 is 0. The fraction of sp³-hybridized carbons (Fsp3) is 0.294. The van der Waals surface area contributed by atoms with E-state index in [9.17, 15) is 5.11 Å².